The SMILES string of the molecule is Cc1ccc(O)c(C)c1-n1c(N)c(C(N)=O)c2cc3c(nc21)CCN3C. The van der Waals surface area contributed by atoms with Crippen LogP contribution in [-0.4, -0.2) is 34.2 Å². The number of nitrogens with two attached hydrogens (primary N) is 2. The smallest absolute Gasteiger partial charge is 0.253 e. The summed E-state index contributed by atoms with van der Waals surface area (Å²) < 4.78 is 1.73. The van der Waals surface area contributed by atoms with Gasteiger partial charge in [-0.05, 0) is 31.5 Å². The summed E-state index contributed by atoms with van der Waals surface area (Å²) >= 11 is 0. The van der Waals surface area contributed by atoms with Crippen LogP contribution in [0, 0.1) is 13.8 Å². The van der Waals surface area contributed by atoms with Crippen molar-refractivity contribution in [3.63, 3.8) is 0 Å². The molecule has 0 spiro atoms. The Morgan fingerprint density at radius 3 is 2.73 bits per heavy atom. The summed E-state index contributed by atoms with van der Waals surface area (Å²) in [7, 11) is 1.99. The standard InChI is InChI=1S/C19H21N5O2/c1-9-4-5-14(25)10(2)16(9)24-17(20)15(18(21)26)11-8-13-12(22-19(11)24)6-7-23(13)3/h4-5,8,25H,6-7,20H2,1-3H3,(H2,21,26). The number of primary amides is 1. The second-order valence-corrected chi connectivity index (χ2v) is 6.83. The van der Waals surface area contributed by atoms with Gasteiger partial charge < -0.3 is 21.5 Å². The maximum atomic E-state index is 12.1. The van der Waals surface area contributed by atoms with Crippen molar-refractivity contribution in [1.29, 1.82) is 0 Å². The van der Waals surface area contributed by atoms with Gasteiger partial charge in [-0.3, -0.25) is 9.36 Å². The lowest BCUT2D eigenvalue weighted by atomic mass is 10.1. The summed E-state index contributed by atoms with van der Waals surface area (Å²) in [6.45, 7) is 4.62. The zero-order valence-electron chi connectivity index (χ0n) is 15.0. The Hall–Kier alpha value is -3.22. The predicted molar refractivity (Wildman–Crippen MR) is 102 cm³/mol. The molecule has 2 aromatic heterocycles. The van der Waals surface area contributed by atoms with Gasteiger partial charge in [0.25, 0.3) is 5.91 Å². The summed E-state index contributed by atoms with van der Waals surface area (Å²) in [6.07, 6.45) is 0.830. The summed E-state index contributed by atoms with van der Waals surface area (Å²) in [5, 5.41) is 10.8. The number of carbonyl (C=O) groups is 1. The summed E-state index contributed by atoms with van der Waals surface area (Å²) in [4.78, 5) is 19.0. The molecule has 134 valence electrons. The number of carbonyl (C=O) groups excluding carboxylic acids is 1. The molecule has 0 saturated heterocycles. The molecule has 0 saturated carbocycles. The lowest BCUT2D eigenvalue weighted by Gasteiger charge is -2.16. The number of aromatic nitrogens is 2. The molecule has 7 heteroatoms. The van der Waals surface area contributed by atoms with E-state index in [1.54, 1.807) is 10.6 Å². The highest BCUT2D eigenvalue weighted by Crippen LogP contribution is 2.38. The highest BCUT2D eigenvalue weighted by Gasteiger charge is 2.27. The van der Waals surface area contributed by atoms with Crippen LogP contribution in [0.4, 0.5) is 11.5 Å². The number of nitrogens with zero attached hydrogens (tertiary/aromatic N) is 3. The molecule has 0 bridgehead atoms. The van der Waals surface area contributed by atoms with Crippen molar-refractivity contribution in [3.05, 3.63) is 40.6 Å². The Morgan fingerprint density at radius 2 is 2.04 bits per heavy atom. The number of hydrogen-bond donors (Lipinski definition) is 3. The number of aryl methyl sites for hydroxylation is 1. The van der Waals surface area contributed by atoms with Gasteiger partial charge in [-0.2, -0.15) is 0 Å². The van der Waals surface area contributed by atoms with E-state index in [4.69, 9.17) is 16.5 Å². The number of nitrogen functional groups attached to an aromatic ring is 1. The first-order chi connectivity index (χ1) is 12.3. The molecule has 0 fully saturated rings. The Kier molecular flexibility index (Phi) is 3.37. The molecule has 26 heavy (non-hydrogen) atoms. The van der Waals surface area contributed by atoms with Crippen molar-refractivity contribution in [1.82, 2.24) is 9.55 Å². The maximum absolute atomic E-state index is 12.1. The minimum absolute atomic E-state index is 0.161. The van der Waals surface area contributed by atoms with Gasteiger partial charge in [0.2, 0.25) is 0 Å². The quantitative estimate of drug-likeness (QED) is 0.654. The molecule has 0 aliphatic carbocycles. The van der Waals surface area contributed by atoms with Crippen LogP contribution < -0.4 is 16.4 Å². The van der Waals surface area contributed by atoms with Gasteiger partial charge in [0.15, 0.2) is 0 Å². The van der Waals surface area contributed by atoms with E-state index in [1.807, 2.05) is 33.0 Å². The summed E-state index contributed by atoms with van der Waals surface area (Å²) in [6, 6.07) is 5.39. The molecule has 7 nitrogen and oxygen atoms in total. The first-order valence-electron chi connectivity index (χ1n) is 8.45. The first-order valence-corrected chi connectivity index (χ1v) is 8.45. The van der Waals surface area contributed by atoms with Crippen molar-refractivity contribution >= 4 is 28.4 Å². The highest BCUT2D eigenvalue weighted by molar-refractivity contribution is 6.11. The minimum atomic E-state index is -0.593. The van der Waals surface area contributed by atoms with Gasteiger partial charge in [0.1, 0.15) is 17.2 Å². The van der Waals surface area contributed by atoms with Crippen LogP contribution in [0.25, 0.3) is 16.7 Å². The molecule has 1 amide bonds. The molecule has 0 atom stereocenters. The van der Waals surface area contributed by atoms with Gasteiger partial charge in [0, 0.05) is 31.0 Å². The molecule has 1 aromatic carbocycles. The van der Waals surface area contributed by atoms with Crippen LogP contribution in [0.1, 0.15) is 27.2 Å². The molecule has 3 aromatic rings. The number of aromatic hydroxyl groups is 1. The van der Waals surface area contributed by atoms with Crippen LogP contribution in [0.5, 0.6) is 5.75 Å². The average molecular weight is 351 g/mol. The van der Waals surface area contributed by atoms with Crippen molar-refractivity contribution in [3.8, 4) is 11.4 Å². The van der Waals surface area contributed by atoms with E-state index in [-0.39, 0.29) is 17.1 Å². The topological polar surface area (TPSA) is 110 Å². The number of hydrogen-bond acceptors (Lipinski definition) is 5. The van der Waals surface area contributed by atoms with E-state index in [2.05, 4.69) is 4.90 Å². The van der Waals surface area contributed by atoms with Crippen LogP contribution in [-0.2, 0) is 6.42 Å². The van der Waals surface area contributed by atoms with E-state index < -0.39 is 5.91 Å². The lowest BCUT2D eigenvalue weighted by Crippen LogP contribution is -2.14. The third-order valence-corrected chi connectivity index (χ3v) is 5.21. The molecule has 3 heterocycles. The average Bonchev–Trinajstić information content (AvgIpc) is 3.08. The van der Waals surface area contributed by atoms with Crippen molar-refractivity contribution in [2.45, 2.75) is 20.3 Å². The van der Waals surface area contributed by atoms with Crippen molar-refractivity contribution < 1.29 is 9.90 Å². The van der Waals surface area contributed by atoms with E-state index >= 15 is 0 Å². The van der Waals surface area contributed by atoms with Crippen LogP contribution >= 0.6 is 0 Å². The summed E-state index contributed by atoms with van der Waals surface area (Å²) in [5.41, 5.74) is 17.1. The van der Waals surface area contributed by atoms with E-state index in [0.717, 1.165) is 35.6 Å². The molecular weight excluding hydrogens is 330 g/mol. The molecule has 1 aliphatic rings. The van der Waals surface area contributed by atoms with E-state index in [0.29, 0.717) is 16.6 Å². The van der Waals surface area contributed by atoms with E-state index in [1.165, 1.54) is 0 Å². The first kappa shape index (κ1) is 16.3. The number of likely N-dealkylation sites (N-methyl/N-ethyl adjacent to an activating group) is 1. The number of benzene rings is 1. The van der Waals surface area contributed by atoms with Gasteiger partial charge in [0.05, 0.1) is 22.6 Å². The Morgan fingerprint density at radius 1 is 1.31 bits per heavy atom. The van der Waals surface area contributed by atoms with Crippen LogP contribution in [0.15, 0.2) is 18.2 Å². The second kappa shape index (κ2) is 5.39. The fraction of sp³-hybridized carbons (Fsp3) is 0.263. The molecule has 4 rings (SSSR count). The molecule has 5 N–H and O–H groups in total. The maximum Gasteiger partial charge on any atom is 0.253 e. The molecule has 0 radical (unpaired) electrons. The Labute approximate surface area is 150 Å². The zero-order chi connectivity index (χ0) is 18.7. The number of amides is 1. The monoisotopic (exact) mass is 351 g/mol. The van der Waals surface area contributed by atoms with Crippen LogP contribution in [0.3, 0.4) is 0 Å². The normalized spacial score (nSPS) is 13.4. The van der Waals surface area contributed by atoms with Gasteiger partial charge in [-0.1, -0.05) is 6.07 Å². The number of phenols is 1. The summed E-state index contributed by atoms with van der Waals surface area (Å²) in [5.74, 6) is -0.194. The Balaban J connectivity index is 2.16. The number of pyridine rings is 1. The zero-order valence-corrected chi connectivity index (χ0v) is 15.0. The van der Waals surface area contributed by atoms with Gasteiger partial charge in [-0.15, -0.1) is 0 Å². The van der Waals surface area contributed by atoms with E-state index in [9.17, 15) is 9.90 Å². The fourth-order valence-electron chi connectivity index (χ4n) is 3.81. The fourth-order valence-corrected chi connectivity index (χ4v) is 3.81. The number of anilines is 2. The third-order valence-electron chi connectivity index (χ3n) is 5.21. The number of fused-ring (bicyclic) bond motifs is 2. The molecule has 0 unspecified atom stereocenters. The predicted octanol–water partition coefficient (Wildman–Crippen LogP) is 2.02. The van der Waals surface area contributed by atoms with Crippen molar-refractivity contribution in [2.24, 2.45) is 5.73 Å². The molecule has 1 aliphatic heterocycles. The van der Waals surface area contributed by atoms with Gasteiger partial charge in [-0.25, -0.2) is 4.98 Å². The lowest BCUT2D eigenvalue weighted by molar-refractivity contribution is 0.100. The Bertz CT molecular complexity index is 1080. The largest absolute Gasteiger partial charge is 0.508 e. The van der Waals surface area contributed by atoms with Gasteiger partial charge >= 0.3 is 0 Å². The molecular formula is C19H21N5O2. The number of phenolic OH excluding ortho intramolecular Hbond substituents is 1. The highest BCUT2D eigenvalue weighted by atomic mass is 16.3. The van der Waals surface area contributed by atoms with Crippen molar-refractivity contribution in [2.75, 3.05) is 24.2 Å². The van der Waals surface area contributed by atoms with Crippen LogP contribution in [0.2, 0.25) is 0 Å². The second-order valence-electron chi connectivity index (χ2n) is 6.83. The minimum Gasteiger partial charge on any atom is -0.508 e. The number of rotatable bonds is 2. The third kappa shape index (κ3) is 2.06.